The van der Waals surface area contributed by atoms with E-state index in [9.17, 15) is 0 Å². The molecule has 7 aromatic rings. The lowest BCUT2D eigenvalue weighted by atomic mass is 9.33. The molecule has 2 atom stereocenters. The van der Waals surface area contributed by atoms with Gasteiger partial charge in [-0.05, 0) is 170 Å². The maximum atomic E-state index is 2.87. The van der Waals surface area contributed by atoms with Crippen LogP contribution < -0.4 is 31.1 Å². The van der Waals surface area contributed by atoms with Crippen LogP contribution in [0, 0.1) is 0 Å². The van der Waals surface area contributed by atoms with Crippen LogP contribution in [0.5, 0.6) is 0 Å². The molecule has 4 heteroatoms. The zero-order chi connectivity index (χ0) is 47.8. The first kappa shape index (κ1) is 43.1. The van der Waals surface area contributed by atoms with Crippen LogP contribution in [-0.2, 0) is 27.1 Å². The number of nitrogens with zero attached hydrogens (tertiary/aromatic N) is 3. The van der Waals surface area contributed by atoms with Crippen LogP contribution in [0.3, 0.4) is 0 Å². The Hall–Kier alpha value is -6.00. The van der Waals surface area contributed by atoms with Crippen LogP contribution in [-0.4, -0.2) is 12.3 Å². The van der Waals surface area contributed by atoms with E-state index in [-0.39, 0.29) is 39.3 Å². The molecule has 346 valence electrons. The zero-order valence-corrected chi connectivity index (χ0v) is 42.9. The number of anilines is 8. The first-order valence-electron chi connectivity index (χ1n) is 26.1. The third kappa shape index (κ3) is 5.81. The van der Waals surface area contributed by atoms with Gasteiger partial charge in [0.15, 0.2) is 0 Å². The largest absolute Gasteiger partial charge is 0.334 e. The van der Waals surface area contributed by atoms with Gasteiger partial charge in [0.2, 0.25) is 0 Å². The second-order valence-electron chi connectivity index (χ2n) is 25.2. The lowest BCUT2D eigenvalue weighted by Gasteiger charge is -2.51. The van der Waals surface area contributed by atoms with Gasteiger partial charge in [-0.1, -0.05) is 161 Å². The van der Waals surface area contributed by atoms with Gasteiger partial charge in [-0.15, -0.1) is 0 Å². The molecule has 3 nitrogen and oxygen atoms in total. The van der Waals surface area contributed by atoms with E-state index in [1.54, 1.807) is 0 Å². The summed E-state index contributed by atoms with van der Waals surface area (Å²) in [5.41, 5.74) is 25.3. The smallest absolute Gasteiger partial charge is 0.252 e. The molecular weight excluding hydrogens is 834 g/mol. The highest BCUT2D eigenvalue weighted by Gasteiger charge is 2.59. The molecule has 4 heterocycles. The molecule has 0 saturated heterocycles. The Kier molecular flexibility index (Phi) is 8.79. The first-order valence-corrected chi connectivity index (χ1v) is 26.1. The molecule has 2 unspecified atom stereocenters. The summed E-state index contributed by atoms with van der Waals surface area (Å²) in [6.07, 6.45) is 7.12. The Labute approximate surface area is 412 Å². The molecule has 0 amide bonds. The van der Waals surface area contributed by atoms with Crippen molar-refractivity contribution in [3.63, 3.8) is 0 Å². The van der Waals surface area contributed by atoms with Crippen LogP contribution >= 0.6 is 0 Å². The molecule has 4 aliphatic heterocycles. The van der Waals surface area contributed by atoms with Crippen LogP contribution in [0.25, 0.3) is 11.1 Å². The van der Waals surface area contributed by atoms with Gasteiger partial charge in [-0.3, -0.25) is 0 Å². The van der Waals surface area contributed by atoms with Gasteiger partial charge in [0, 0.05) is 56.3 Å². The fraction of sp³-hybridized carbons (Fsp3) is 0.354. The Morgan fingerprint density at radius 3 is 1.77 bits per heavy atom. The first-order chi connectivity index (χ1) is 32.8. The van der Waals surface area contributed by atoms with Gasteiger partial charge in [0.1, 0.15) is 0 Å². The predicted octanol–water partition coefficient (Wildman–Crippen LogP) is 15.5. The molecule has 0 aromatic heterocycles. The number of rotatable bonds is 2. The number of benzene rings is 7. The highest BCUT2D eigenvalue weighted by molar-refractivity contribution is 7.00. The summed E-state index contributed by atoms with van der Waals surface area (Å²) in [5.74, 6) is 0. The van der Waals surface area contributed by atoms with E-state index in [1.165, 1.54) is 138 Å². The second-order valence-corrected chi connectivity index (χ2v) is 25.2. The molecule has 6 aliphatic rings. The number of hydrogen-bond acceptors (Lipinski definition) is 3. The number of para-hydroxylation sites is 1. The van der Waals surface area contributed by atoms with Crippen molar-refractivity contribution < 1.29 is 0 Å². The minimum absolute atomic E-state index is 0.0372. The van der Waals surface area contributed by atoms with E-state index < -0.39 is 0 Å². The van der Waals surface area contributed by atoms with Crippen molar-refractivity contribution in [2.45, 2.75) is 147 Å². The van der Waals surface area contributed by atoms with E-state index in [4.69, 9.17) is 0 Å². The SMILES string of the molecule is CC(C)(C)c1ccc2c(c1)N1c3cccc(c3)C(C)(C)c3cc4c(cc3-c3ccccc3)C3(C)CCCCC3(C)N4c3cc1c1c(c3)N(c3ccccc3)c3cc4c(cc3B21)C(C)(C)CCC4(C)C. The highest BCUT2D eigenvalue weighted by Crippen LogP contribution is 2.64. The minimum Gasteiger partial charge on any atom is -0.334 e. The molecule has 7 aromatic carbocycles. The van der Waals surface area contributed by atoms with Crippen molar-refractivity contribution >= 4 is 68.6 Å². The molecule has 69 heavy (non-hydrogen) atoms. The fourth-order valence-corrected chi connectivity index (χ4v) is 14.5. The van der Waals surface area contributed by atoms with Crippen LogP contribution in [0.15, 0.2) is 140 Å². The van der Waals surface area contributed by atoms with Gasteiger partial charge in [-0.2, -0.15) is 0 Å². The van der Waals surface area contributed by atoms with Crippen molar-refractivity contribution in [2.75, 3.05) is 14.7 Å². The summed E-state index contributed by atoms with van der Waals surface area (Å²) in [4.78, 5) is 8.23. The van der Waals surface area contributed by atoms with Crippen molar-refractivity contribution in [3.8, 4) is 11.1 Å². The van der Waals surface area contributed by atoms with Gasteiger partial charge in [0.05, 0.1) is 5.54 Å². The summed E-state index contributed by atoms with van der Waals surface area (Å²) in [6.45, 7) is 27.3. The maximum absolute atomic E-state index is 2.87. The molecule has 0 spiro atoms. The van der Waals surface area contributed by atoms with E-state index >= 15 is 0 Å². The Morgan fingerprint density at radius 2 is 1.07 bits per heavy atom. The lowest BCUT2D eigenvalue weighted by Crippen LogP contribution is -2.62. The average molecular weight is 902 g/mol. The van der Waals surface area contributed by atoms with Gasteiger partial charge in [0.25, 0.3) is 6.71 Å². The molecular formula is C65H68BN3. The van der Waals surface area contributed by atoms with Gasteiger partial charge in [-0.25, -0.2) is 0 Å². The van der Waals surface area contributed by atoms with E-state index in [0.717, 1.165) is 6.42 Å². The predicted molar refractivity (Wildman–Crippen MR) is 295 cm³/mol. The summed E-state index contributed by atoms with van der Waals surface area (Å²) in [6, 6.07) is 55.6. The third-order valence-corrected chi connectivity index (χ3v) is 19.0. The quantitative estimate of drug-likeness (QED) is 0.160. The molecule has 0 N–H and O–H groups in total. The summed E-state index contributed by atoms with van der Waals surface area (Å²) in [5, 5.41) is 0. The Bertz CT molecular complexity index is 3300. The Morgan fingerprint density at radius 1 is 0.464 bits per heavy atom. The fourth-order valence-electron chi connectivity index (χ4n) is 14.5. The van der Waals surface area contributed by atoms with Crippen LogP contribution in [0.4, 0.5) is 45.5 Å². The van der Waals surface area contributed by atoms with Crippen molar-refractivity contribution in [3.05, 3.63) is 173 Å². The van der Waals surface area contributed by atoms with Crippen molar-refractivity contribution in [1.82, 2.24) is 0 Å². The monoisotopic (exact) mass is 902 g/mol. The molecule has 1 fully saturated rings. The van der Waals surface area contributed by atoms with Crippen LogP contribution in [0.2, 0.25) is 0 Å². The standard InChI is InChI=1S/C65H68BN3/c1-60(2,3)42-27-28-52-55(34-42)68-45-26-20-23-43(33-45)63(8,9)48-39-54-51(37-47(48)41-21-14-12-15-22-41)64(10)29-18-19-30-65(64,11)69(54)46-35-57-59(58(68)36-46)66(52)53-38-49-50(62(6,7)32-31-61(49,4)5)40-56(53)67(57)44-24-16-13-17-25-44/h12-17,20-28,33-40H,18-19,29-32H2,1-11H3. The number of fused-ring (bicyclic) bond motifs is 15. The summed E-state index contributed by atoms with van der Waals surface area (Å²) >= 11 is 0. The van der Waals surface area contributed by atoms with Crippen molar-refractivity contribution in [2.24, 2.45) is 0 Å². The van der Waals surface area contributed by atoms with E-state index in [1.807, 2.05) is 0 Å². The average Bonchev–Trinajstić information content (AvgIpc) is 3.54. The second kappa shape index (κ2) is 14.1. The maximum Gasteiger partial charge on any atom is 0.252 e. The van der Waals surface area contributed by atoms with E-state index in [2.05, 4.69) is 230 Å². The number of hydrogen-bond donors (Lipinski definition) is 0. The molecule has 13 rings (SSSR count). The molecule has 2 aliphatic carbocycles. The van der Waals surface area contributed by atoms with Gasteiger partial charge >= 0.3 is 0 Å². The highest BCUT2D eigenvalue weighted by atomic mass is 15.3. The van der Waals surface area contributed by atoms with Crippen molar-refractivity contribution in [1.29, 1.82) is 0 Å². The summed E-state index contributed by atoms with van der Waals surface area (Å²) < 4.78 is 0. The normalized spacial score (nSPS) is 22.7. The molecule has 6 bridgehead atoms. The Balaban J connectivity index is 1.21. The van der Waals surface area contributed by atoms with Gasteiger partial charge < -0.3 is 14.7 Å². The lowest BCUT2D eigenvalue weighted by molar-refractivity contribution is 0.195. The summed E-state index contributed by atoms with van der Waals surface area (Å²) in [7, 11) is 0. The van der Waals surface area contributed by atoms with Crippen LogP contribution in [0.1, 0.15) is 148 Å². The topological polar surface area (TPSA) is 9.72 Å². The molecule has 1 saturated carbocycles. The zero-order valence-electron chi connectivity index (χ0n) is 42.9. The molecule has 0 radical (unpaired) electrons. The van der Waals surface area contributed by atoms with E-state index in [0.29, 0.717) is 0 Å². The third-order valence-electron chi connectivity index (χ3n) is 19.0. The minimum atomic E-state index is -0.319.